The quantitative estimate of drug-likeness (QED) is 0.918. The Morgan fingerprint density at radius 3 is 2.95 bits per heavy atom. The van der Waals surface area contributed by atoms with E-state index < -0.39 is 0 Å². The van der Waals surface area contributed by atoms with E-state index in [1.807, 2.05) is 18.2 Å². The molecule has 1 aliphatic rings. The molecular formula is C15H16ClNOS. The second kappa shape index (κ2) is 5.53. The Bertz CT molecular complexity index is 544. The van der Waals surface area contributed by atoms with Crippen molar-refractivity contribution in [3.8, 4) is 5.75 Å². The number of hydrogen-bond donors (Lipinski definition) is 1. The molecular weight excluding hydrogens is 278 g/mol. The molecule has 1 aliphatic heterocycles. The molecule has 0 radical (unpaired) electrons. The summed E-state index contributed by atoms with van der Waals surface area (Å²) in [5, 5.41) is 3.52. The molecule has 1 N–H and O–H groups in total. The Balaban J connectivity index is 1.54. The lowest BCUT2D eigenvalue weighted by Gasteiger charge is -2.16. The van der Waals surface area contributed by atoms with E-state index in [0.29, 0.717) is 6.04 Å². The predicted octanol–water partition coefficient (Wildman–Crippen LogP) is 4.06. The van der Waals surface area contributed by atoms with Gasteiger partial charge < -0.3 is 10.1 Å². The number of ether oxygens (including phenoxy) is 1. The van der Waals surface area contributed by atoms with Gasteiger partial charge in [-0.1, -0.05) is 29.8 Å². The fraction of sp³-hybridized carbons (Fsp3) is 0.333. The topological polar surface area (TPSA) is 21.3 Å². The summed E-state index contributed by atoms with van der Waals surface area (Å²) < 4.78 is 6.75. The highest BCUT2D eigenvalue weighted by atomic mass is 35.5. The van der Waals surface area contributed by atoms with Crippen molar-refractivity contribution >= 4 is 22.9 Å². The second-order valence-electron chi connectivity index (χ2n) is 4.82. The SMILES string of the molecule is CC(NCC1Cc2ccccc2O1)c1ccc(Cl)s1. The number of benzene rings is 1. The minimum atomic E-state index is 0.232. The molecule has 0 fully saturated rings. The molecule has 1 aromatic carbocycles. The predicted molar refractivity (Wildman–Crippen MR) is 80.3 cm³/mol. The number of nitrogens with one attached hydrogen (secondary N) is 1. The Morgan fingerprint density at radius 2 is 2.21 bits per heavy atom. The van der Waals surface area contributed by atoms with Crippen molar-refractivity contribution in [3.05, 3.63) is 51.2 Å². The van der Waals surface area contributed by atoms with Crippen molar-refractivity contribution in [1.29, 1.82) is 0 Å². The van der Waals surface area contributed by atoms with Gasteiger partial charge in [-0.25, -0.2) is 0 Å². The van der Waals surface area contributed by atoms with Gasteiger partial charge in [-0.2, -0.15) is 0 Å². The third-order valence-electron chi connectivity index (χ3n) is 3.39. The highest BCUT2D eigenvalue weighted by Crippen LogP contribution is 2.29. The molecule has 0 bridgehead atoms. The first kappa shape index (κ1) is 13.0. The van der Waals surface area contributed by atoms with Crippen LogP contribution in [-0.4, -0.2) is 12.6 Å². The van der Waals surface area contributed by atoms with Gasteiger partial charge in [-0.3, -0.25) is 0 Å². The van der Waals surface area contributed by atoms with E-state index in [4.69, 9.17) is 16.3 Å². The van der Waals surface area contributed by atoms with Crippen molar-refractivity contribution in [2.75, 3.05) is 6.54 Å². The molecule has 2 aromatic rings. The summed E-state index contributed by atoms with van der Waals surface area (Å²) in [7, 11) is 0. The zero-order chi connectivity index (χ0) is 13.2. The summed E-state index contributed by atoms with van der Waals surface area (Å²) in [4.78, 5) is 1.26. The Kier molecular flexibility index (Phi) is 3.78. The standard InChI is InChI=1S/C15H16ClNOS/c1-10(14-6-7-15(16)19-14)17-9-12-8-11-4-2-3-5-13(11)18-12/h2-7,10,12,17H,8-9H2,1H3. The average molecular weight is 294 g/mol. The smallest absolute Gasteiger partial charge is 0.123 e. The first-order valence-electron chi connectivity index (χ1n) is 6.45. The van der Waals surface area contributed by atoms with Gasteiger partial charge in [0, 0.05) is 23.9 Å². The lowest BCUT2D eigenvalue weighted by atomic mass is 10.1. The van der Waals surface area contributed by atoms with Gasteiger partial charge in [-0.15, -0.1) is 11.3 Å². The van der Waals surface area contributed by atoms with E-state index >= 15 is 0 Å². The Morgan fingerprint density at radius 1 is 1.37 bits per heavy atom. The number of para-hydroxylation sites is 1. The number of fused-ring (bicyclic) bond motifs is 1. The van der Waals surface area contributed by atoms with E-state index in [0.717, 1.165) is 23.1 Å². The fourth-order valence-electron chi connectivity index (χ4n) is 2.34. The van der Waals surface area contributed by atoms with Gasteiger partial charge in [0.1, 0.15) is 11.9 Å². The zero-order valence-corrected chi connectivity index (χ0v) is 12.3. The zero-order valence-electron chi connectivity index (χ0n) is 10.7. The normalized spacial score (nSPS) is 18.9. The first-order valence-corrected chi connectivity index (χ1v) is 7.65. The van der Waals surface area contributed by atoms with Gasteiger partial charge in [-0.05, 0) is 30.7 Å². The first-order chi connectivity index (χ1) is 9.22. The van der Waals surface area contributed by atoms with Crippen LogP contribution in [0.25, 0.3) is 0 Å². The maximum absolute atomic E-state index is 5.96. The maximum Gasteiger partial charge on any atom is 0.123 e. The minimum Gasteiger partial charge on any atom is -0.488 e. The van der Waals surface area contributed by atoms with Crippen LogP contribution in [0.5, 0.6) is 5.75 Å². The van der Waals surface area contributed by atoms with E-state index in [1.165, 1.54) is 10.4 Å². The van der Waals surface area contributed by atoms with E-state index in [1.54, 1.807) is 11.3 Å². The lowest BCUT2D eigenvalue weighted by molar-refractivity contribution is 0.223. The van der Waals surface area contributed by atoms with Crippen molar-refractivity contribution < 1.29 is 4.74 Å². The summed E-state index contributed by atoms with van der Waals surface area (Å²) in [5.74, 6) is 1.03. The Labute approximate surface area is 122 Å². The molecule has 0 saturated carbocycles. The molecule has 2 atom stereocenters. The van der Waals surface area contributed by atoms with Gasteiger partial charge >= 0.3 is 0 Å². The van der Waals surface area contributed by atoms with Gasteiger partial charge in [0.25, 0.3) is 0 Å². The molecule has 100 valence electrons. The van der Waals surface area contributed by atoms with Crippen LogP contribution in [0.2, 0.25) is 4.34 Å². The van der Waals surface area contributed by atoms with Crippen LogP contribution < -0.4 is 10.1 Å². The van der Waals surface area contributed by atoms with Gasteiger partial charge in [0.15, 0.2) is 0 Å². The highest BCUT2D eigenvalue weighted by Gasteiger charge is 2.22. The molecule has 4 heteroatoms. The van der Waals surface area contributed by atoms with Crippen LogP contribution in [0, 0.1) is 0 Å². The summed E-state index contributed by atoms with van der Waals surface area (Å²) in [5.41, 5.74) is 1.31. The van der Waals surface area contributed by atoms with Crippen molar-refractivity contribution in [2.24, 2.45) is 0 Å². The van der Waals surface area contributed by atoms with Gasteiger partial charge in [0.05, 0.1) is 4.34 Å². The summed E-state index contributed by atoms with van der Waals surface area (Å²) in [6.45, 7) is 3.01. The highest BCUT2D eigenvalue weighted by molar-refractivity contribution is 7.16. The molecule has 0 saturated heterocycles. The molecule has 0 aliphatic carbocycles. The van der Waals surface area contributed by atoms with E-state index in [9.17, 15) is 0 Å². The molecule has 2 unspecified atom stereocenters. The molecule has 2 heterocycles. The Hall–Kier alpha value is -1.03. The molecule has 1 aromatic heterocycles. The van der Waals surface area contributed by atoms with E-state index in [2.05, 4.69) is 30.4 Å². The van der Waals surface area contributed by atoms with Crippen LogP contribution in [0.1, 0.15) is 23.4 Å². The van der Waals surface area contributed by atoms with Crippen LogP contribution in [-0.2, 0) is 6.42 Å². The van der Waals surface area contributed by atoms with Crippen molar-refractivity contribution in [2.45, 2.75) is 25.5 Å². The number of hydrogen-bond acceptors (Lipinski definition) is 3. The maximum atomic E-state index is 5.96. The third-order valence-corrected chi connectivity index (χ3v) is 4.80. The fourth-order valence-corrected chi connectivity index (χ4v) is 3.43. The molecule has 2 nitrogen and oxygen atoms in total. The van der Waals surface area contributed by atoms with Crippen molar-refractivity contribution in [1.82, 2.24) is 5.32 Å². The van der Waals surface area contributed by atoms with E-state index in [-0.39, 0.29) is 6.10 Å². The van der Waals surface area contributed by atoms with Crippen LogP contribution in [0.15, 0.2) is 36.4 Å². The second-order valence-corrected chi connectivity index (χ2v) is 6.57. The average Bonchev–Trinajstić information content (AvgIpc) is 3.01. The lowest BCUT2D eigenvalue weighted by Crippen LogP contribution is -2.31. The van der Waals surface area contributed by atoms with Crippen molar-refractivity contribution in [3.63, 3.8) is 0 Å². The summed E-state index contributed by atoms with van der Waals surface area (Å²) in [6.07, 6.45) is 1.22. The molecule has 19 heavy (non-hydrogen) atoms. The number of rotatable bonds is 4. The van der Waals surface area contributed by atoms with Crippen LogP contribution in [0.3, 0.4) is 0 Å². The summed E-state index contributed by atoms with van der Waals surface area (Å²) in [6, 6.07) is 12.6. The third kappa shape index (κ3) is 2.94. The molecule has 0 spiro atoms. The van der Waals surface area contributed by atoms with Crippen LogP contribution >= 0.6 is 22.9 Å². The minimum absolute atomic E-state index is 0.232. The molecule has 3 rings (SSSR count). The number of halogens is 1. The molecule has 0 amide bonds. The largest absolute Gasteiger partial charge is 0.488 e. The number of thiophene rings is 1. The summed E-state index contributed by atoms with van der Waals surface area (Å²) >= 11 is 7.59. The van der Waals surface area contributed by atoms with Crippen LogP contribution in [0.4, 0.5) is 0 Å². The van der Waals surface area contributed by atoms with Gasteiger partial charge in [0.2, 0.25) is 0 Å². The monoisotopic (exact) mass is 293 g/mol.